The van der Waals surface area contributed by atoms with Crippen LogP contribution in [0.3, 0.4) is 0 Å². The first-order valence-corrected chi connectivity index (χ1v) is 6.23. The zero-order valence-electron chi connectivity index (χ0n) is 9.91. The van der Waals surface area contributed by atoms with Gasteiger partial charge in [-0.2, -0.15) is 0 Å². The van der Waals surface area contributed by atoms with Gasteiger partial charge in [0.2, 0.25) is 0 Å². The molecular weight excluding hydrogens is 194 g/mol. The van der Waals surface area contributed by atoms with E-state index in [2.05, 4.69) is 36.9 Å². The Kier molecular flexibility index (Phi) is 3.45. The lowest BCUT2D eigenvalue weighted by Crippen LogP contribution is -2.25. The third kappa shape index (κ3) is 1.92. The smallest absolute Gasteiger partial charge is 0.0159 e. The van der Waals surface area contributed by atoms with Gasteiger partial charge in [0.25, 0.3) is 0 Å². The van der Waals surface area contributed by atoms with Gasteiger partial charge in [-0.15, -0.1) is 0 Å². The van der Waals surface area contributed by atoms with E-state index in [-0.39, 0.29) is 5.41 Å². The summed E-state index contributed by atoms with van der Waals surface area (Å²) in [6.45, 7) is 5.01. The Hall–Kier alpha value is -1.08. The molecule has 1 fully saturated rings. The summed E-state index contributed by atoms with van der Waals surface area (Å²) in [5.41, 5.74) is 8.66. The van der Waals surface area contributed by atoms with Crippen molar-refractivity contribution in [2.24, 2.45) is 5.73 Å². The van der Waals surface area contributed by atoms with Crippen molar-refractivity contribution in [1.82, 2.24) is 0 Å². The monoisotopic (exact) mass is 215 g/mol. The van der Waals surface area contributed by atoms with Crippen LogP contribution in [0.5, 0.6) is 0 Å². The highest BCUT2D eigenvalue weighted by atomic mass is 14.5. The highest BCUT2D eigenvalue weighted by molar-refractivity contribution is 5.36. The molecule has 1 saturated carbocycles. The highest BCUT2D eigenvalue weighted by Gasteiger charge is 2.37. The second-order valence-corrected chi connectivity index (χ2v) is 4.80. The SMILES string of the molecule is C=C(CCN)C1(c2ccccc2)CCCC1. The first-order valence-electron chi connectivity index (χ1n) is 6.23. The van der Waals surface area contributed by atoms with E-state index in [1.165, 1.54) is 36.8 Å². The molecular formula is C15H21N. The number of hydrogen-bond donors (Lipinski definition) is 1. The fraction of sp³-hybridized carbons (Fsp3) is 0.467. The molecule has 0 spiro atoms. The van der Waals surface area contributed by atoms with Crippen molar-refractivity contribution in [3.8, 4) is 0 Å². The van der Waals surface area contributed by atoms with Gasteiger partial charge in [-0.05, 0) is 31.4 Å². The summed E-state index contributed by atoms with van der Waals surface area (Å²) >= 11 is 0. The molecule has 1 nitrogen and oxygen atoms in total. The van der Waals surface area contributed by atoms with Gasteiger partial charge in [0.05, 0.1) is 0 Å². The minimum absolute atomic E-state index is 0.223. The first kappa shape index (κ1) is 11.4. The lowest BCUT2D eigenvalue weighted by Gasteiger charge is -2.32. The van der Waals surface area contributed by atoms with Crippen LogP contribution in [0.4, 0.5) is 0 Å². The normalized spacial score (nSPS) is 18.6. The average molecular weight is 215 g/mol. The van der Waals surface area contributed by atoms with Crippen molar-refractivity contribution in [3.05, 3.63) is 48.0 Å². The molecule has 2 N–H and O–H groups in total. The molecule has 0 unspecified atom stereocenters. The van der Waals surface area contributed by atoms with Crippen molar-refractivity contribution < 1.29 is 0 Å². The molecule has 16 heavy (non-hydrogen) atoms. The molecule has 86 valence electrons. The van der Waals surface area contributed by atoms with Gasteiger partial charge in [-0.1, -0.05) is 55.3 Å². The topological polar surface area (TPSA) is 26.0 Å². The molecule has 0 atom stereocenters. The first-order chi connectivity index (χ1) is 7.79. The van der Waals surface area contributed by atoms with Crippen LogP contribution < -0.4 is 5.73 Å². The zero-order chi connectivity index (χ0) is 11.4. The van der Waals surface area contributed by atoms with E-state index in [1.807, 2.05) is 0 Å². The van der Waals surface area contributed by atoms with Crippen LogP contribution >= 0.6 is 0 Å². The predicted octanol–water partition coefficient (Wildman–Crippen LogP) is 3.40. The Bertz CT molecular complexity index is 347. The van der Waals surface area contributed by atoms with Crippen molar-refractivity contribution >= 4 is 0 Å². The molecule has 0 aromatic heterocycles. The molecule has 0 aliphatic heterocycles. The minimum Gasteiger partial charge on any atom is -0.330 e. The molecule has 0 heterocycles. The molecule has 0 amide bonds. The summed E-state index contributed by atoms with van der Waals surface area (Å²) in [5, 5.41) is 0. The van der Waals surface area contributed by atoms with Gasteiger partial charge in [-0.3, -0.25) is 0 Å². The molecule has 1 aromatic rings. The molecule has 1 aromatic carbocycles. The Morgan fingerprint density at radius 3 is 2.38 bits per heavy atom. The largest absolute Gasteiger partial charge is 0.330 e. The van der Waals surface area contributed by atoms with E-state index >= 15 is 0 Å². The summed E-state index contributed by atoms with van der Waals surface area (Å²) in [5.74, 6) is 0. The molecule has 0 bridgehead atoms. The van der Waals surface area contributed by atoms with Gasteiger partial charge in [-0.25, -0.2) is 0 Å². The Labute approximate surface area is 98.4 Å². The minimum atomic E-state index is 0.223. The third-order valence-electron chi connectivity index (χ3n) is 3.91. The number of hydrogen-bond acceptors (Lipinski definition) is 1. The number of rotatable bonds is 4. The van der Waals surface area contributed by atoms with Crippen molar-refractivity contribution in [2.45, 2.75) is 37.5 Å². The third-order valence-corrected chi connectivity index (χ3v) is 3.91. The van der Waals surface area contributed by atoms with E-state index in [9.17, 15) is 0 Å². The fourth-order valence-electron chi connectivity index (χ4n) is 3.00. The van der Waals surface area contributed by atoms with Gasteiger partial charge >= 0.3 is 0 Å². The van der Waals surface area contributed by atoms with Crippen molar-refractivity contribution in [3.63, 3.8) is 0 Å². The average Bonchev–Trinajstić information content (AvgIpc) is 2.81. The van der Waals surface area contributed by atoms with Crippen LogP contribution in [0.2, 0.25) is 0 Å². The van der Waals surface area contributed by atoms with Crippen LogP contribution in [0.1, 0.15) is 37.7 Å². The van der Waals surface area contributed by atoms with Crippen LogP contribution in [-0.4, -0.2) is 6.54 Å². The lowest BCUT2D eigenvalue weighted by atomic mass is 9.72. The fourth-order valence-corrected chi connectivity index (χ4v) is 3.00. The highest BCUT2D eigenvalue weighted by Crippen LogP contribution is 2.46. The van der Waals surface area contributed by atoms with Crippen LogP contribution in [0.15, 0.2) is 42.5 Å². The van der Waals surface area contributed by atoms with E-state index in [0.29, 0.717) is 6.54 Å². The van der Waals surface area contributed by atoms with Gasteiger partial charge in [0.1, 0.15) is 0 Å². The van der Waals surface area contributed by atoms with E-state index in [4.69, 9.17) is 5.73 Å². The molecule has 1 heteroatoms. The summed E-state index contributed by atoms with van der Waals surface area (Å²) in [6, 6.07) is 10.8. The summed E-state index contributed by atoms with van der Waals surface area (Å²) in [7, 11) is 0. The van der Waals surface area contributed by atoms with Crippen molar-refractivity contribution in [2.75, 3.05) is 6.54 Å². The Balaban J connectivity index is 2.32. The van der Waals surface area contributed by atoms with E-state index < -0.39 is 0 Å². The summed E-state index contributed by atoms with van der Waals surface area (Å²) < 4.78 is 0. The van der Waals surface area contributed by atoms with Crippen LogP contribution in [0.25, 0.3) is 0 Å². The maximum atomic E-state index is 5.67. The molecule has 0 saturated heterocycles. The van der Waals surface area contributed by atoms with Gasteiger partial charge in [0, 0.05) is 5.41 Å². The summed E-state index contributed by atoms with van der Waals surface area (Å²) in [4.78, 5) is 0. The van der Waals surface area contributed by atoms with Gasteiger partial charge < -0.3 is 5.73 Å². The maximum absolute atomic E-state index is 5.67. The molecule has 0 radical (unpaired) electrons. The quantitative estimate of drug-likeness (QED) is 0.765. The zero-order valence-corrected chi connectivity index (χ0v) is 9.91. The molecule has 1 aliphatic rings. The summed E-state index contributed by atoms with van der Waals surface area (Å²) in [6.07, 6.45) is 6.08. The Morgan fingerprint density at radius 2 is 1.81 bits per heavy atom. The van der Waals surface area contributed by atoms with E-state index in [0.717, 1.165) is 6.42 Å². The number of benzene rings is 1. The van der Waals surface area contributed by atoms with Crippen molar-refractivity contribution in [1.29, 1.82) is 0 Å². The lowest BCUT2D eigenvalue weighted by molar-refractivity contribution is 0.505. The number of nitrogens with two attached hydrogens (primary N) is 1. The van der Waals surface area contributed by atoms with Crippen LogP contribution in [0, 0.1) is 0 Å². The van der Waals surface area contributed by atoms with E-state index in [1.54, 1.807) is 0 Å². The Morgan fingerprint density at radius 1 is 1.19 bits per heavy atom. The molecule has 2 rings (SSSR count). The van der Waals surface area contributed by atoms with Gasteiger partial charge in [0.15, 0.2) is 0 Å². The standard InChI is InChI=1S/C15H21N/c1-13(9-12-16)15(10-5-6-11-15)14-7-3-2-4-8-14/h2-4,7-8H,1,5-6,9-12,16H2. The molecule has 1 aliphatic carbocycles. The maximum Gasteiger partial charge on any atom is 0.0159 e. The second kappa shape index (κ2) is 4.84. The predicted molar refractivity (Wildman–Crippen MR) is 69.4 cm³/mol. The van der Waals surface area contributed by atoms with Crippen LogP contribution in [-0.2, 0) is 5.41 Å². The second-order valence-electron chi connectivity index (χ2n) is 4.80.